The second-order valence-corrected chi connectivity index (χ2v) is 5.00. The Labute approximate surface area is 120 Å². The van der Waals surface area contributed by atoms with Gasteiger partial charge in [0.25, 0.3) is 5.91 Å². The number of hydrogen-bond acceptors (Lipinski definition) is 3. The molecule has 0 saturated carbocycles. The summed E-state index contributed by atoms with van der Waals surface area (Å²) in [6.07, 6.45) is 3.21. The van der Waals surface area contributed by atoms with Crippen LogP contribution in [0.15, 0.2) is 30.9 Å². The highest BCUT2D eigenvalue weighted by atomic mass is 16.5. The van der Waals surface area contributed by atoms with Crippen LogP contribution in [0.25, 0.3) is 0 Å². The molecule has 0 fully saturated rings. The normalized spacial score (nSPS) is 18.2. The summed E-state index contributed by atoms with van der Waals surface area (Å²) in [6.45, 7) is 5.80. The van der Waals surface area contributed by atoms with Crippen LogP contribution < -0.4 is 15.4 Å². The molecule has 1 amide bonds. The van der Waals surface area contributed by atoms with Crippen molar-refractivity contribution in [3.8, 4) is 5.75 Å². The van der Waals surface area contributed by atoms with Gasteiger partial charge in [-0.05, 0) is 44.0 Å². The van der Waals surface area contributed by atoms with Crippen LogP contribution in [0.4, 0.5) is 0 Å². The highest BCUT2D eigenvalue weighted by Gasteiger charge is 2.25. The molecule has 0 bridgehead atoms. The molecule has 2 rings (SSSR count). The number of amides is 1. The van der Waals surface area contributed by atoms with Crippen LogP contribution in [0.5, 0.6) is 5.75 Å². The maximum Gasteiger partial charge on any atom is 0.261 e. The lowest BCUT2D eigenvalue weighted by Crippen LogP contribution is -2.36. The number of ether oxygens (including phenoxy) is 1. The number of rotatable bonds is 6. The first-order valence-electron chi connectivity index (χ1n) is 7.01. The number of hydrogen-bond donors (Lipinski definition) is 2. The number of benzene rings is 1. The van der Waals surface area contributed by atoms with E-state index in [0.717, 1.165) is 18.6 Å². The molecule has 1 aromatic carbocycles. The van der Waals surface area contributed by atoms with E-state index in [1.54, 1.807) is 13.0 Å². The molecule has 1 aromatic rings. The van der Waals surface area contributed by atoms with Crippen LogP contribution in [0, 0.1) is 0 Å². The molecule has 2 unspecified atom stereocenters. The third-order valence-electron chi connectivity index (χ3n) is 3.67. The number of carbonyl (C=O) groups excluding carboxylic acids is 1. The topological polar surface area (TPSA) is 50.4 Å². The van der Waals surface area contributed by atoms with Crippen LogP contribution in [0.3, 0.4) is 0 Å². The van der Waals surface area contributed by atoms with Crippen molar-refractivity contribution in [2.24, 2.45) is 0 Å². The highest BCUT2D eigenvalue weighted by Crippen LogP contribution is 2.36. The van der Waals surface area contributed by atoms with Crippen LogP contribution in [0.1, 0.15) is 30.5 Å². The summed E-state index contributed by atoms with van der Waals surface area (Å²) in [6, 6.07) is 6.43. The molecule has 4 heteroatoms. The molecule has 0 heterocycles. The maximum absolute atomic E-state index is 11.8. The van der Waals surface area contributed by atoms with Gasteiger partial charge in [0.15, 0.2) is 6.10 Å². The van der Waals surface area contributed by atoms with E-state index in [2.05, 4.69) is 23.3 Å². The van der Waals surface area contributed by atoms with Crippen molar-refractivity contribution in [2.75, 3.05) is 13.6 Å². The molecule has 2 N–H and O–H groups in total. The molecule has 1 aliphatic rings. The van der Waals surface area contributed by atoms with Gasteiger partial charge in [0.1, 0.15) is 5.75 Å². The zero-order chi connectivity index (χ0) is 14.5. The largest absolute Gasteiger partial charge is 0.481 e. The first-order chi connectivity index (χ1) is 9.67. The Morgan fingerprint density at radius 3 is 3.10 bits per heavy atom. The van der Waals surface area contributed by atoms with Crippen molar-refractivity contribution in [1.29, 1.82) is 0 Å². The molecular weight excluding hydrogens is 252 g/mol. The van der Waals surface area contributed by atoms with Gasteiger partial charge in [0.2, 0.25) is 0 Å². The van der Waals surface area contributed by atoms with E-state index in [-0.39, 0.29) is 5.91 Å². The number of nitrogens with one attached hydrogen (secondary N) is 2. The van der Waals surface area contributed by atoms with Crippen LogP contribution in [0.2, 0.25) is 0 Å². The Hall–Kier alpha value is -1.81. The fraction of sp³-hybridized carbons (Fsp3) is 0.438. The minimum absolute atomic E-state index is 0.120. The lowest BCUT2D eigenvalue weighted by atomic mass is 10.1. The SMILES string of the molecule is C=CCNC(=O)C(C)Oc1cccc2c1CCC2NC. The van der Waals surface area contributed by atoms with Gasteiger partial charge in [-0.15, -0.1) is 6.58 Å². The van der Waals surface area contributed by atoms with E-state index >= 15 is 0 Å². The van der Waals surface area contributed by atoms with Crippen LogP contribution in [-0.2, 0) is 11.2 Å². The summed E-state index contributed by atoms with van der Waals surface area (Å²) in [7, 11) is 1.97. The summed E-state index contributed by atoms with van der Waals surface area (Å²) in [4.78, 5) is 11.8. The summed E-state index contributed by atoms with van der Waals surface area (Å²) in [5.74, 6) is 0.701. The van der Waals surface area contributed by atoms with Crippen molar-refractivity contribution in [1.82, 2.24) is 10.6 Å². The second kappa shape index (κ2) is 6.57. The quantitative estimate of drug-likeness (QED) is 0.780. The minimum Gasteiger partial charge on any atom is -0.481 e. The summed E-state index contributed by atoms with van der Waals surface area (Å²) >= 11 is 0. The van der Waals surface area contributed by atoms with Gasteiger partial charge < -0.3 is 15.4 Å². The average molecular weight is 274 g/mol. The molecule has 0 aliphatic heterocycles. The van der Waals surface area contributed by atoms with E-state index in [0.29, 0.717) is 12.6 Å². The summed E-state index contributed by atoms with van der Waals surface area (Å²) < 4.78 is 5.83. The molecule has 0 spiro atoms. The first-order valence-corrected chi connectivity index (χ1v) is 7.01. The number of fused-ring (bicyclic) bond motifs is 1. The standard InChI is InChI=1S/C16H22N2O2/c1-4-10-18-16(19)11(2)20-15-7-5-6-12-13(15)8-9-14(12)17-3/h4-7,11,14,17H,1,8-10H2,2-3H3,(H,18,19). The van der Waals surface area contributed by atoms with E-state index < -0.39 is 6.10 Å². The molecule has 1 aliphatic carbocycles. The molecular formula is C16H22N2O2. The monoisotopic (exact) mass is 274 g/mol. The van der Waals surface area contributed by atoms with Crippen LogP contribution >= 0.6 is 0 Å². The van der Waals surface area contributed by atoms with Crippen LogP contribution in [-0.4, -0.2) is 25.6 Å². The zero-order valence-electron chi connectivity index (χ0n) is 12.1. The van der Waals surface area contributed by atoms with Gasteiger partial charge in [0.05, 0.1) is 0 Å². The van der Waals surface area contributed by atoms with Gasteiger partial charge in [-0.1, -0.05) is 18.2 Å². The smallest absolute Gasteiger partial charge is 0.261 e. The Bertz CT molecular complexity index is 499. The molecule has 0 radical (unpaired) electrons. The maximum atomic E-state index is 11.8. The first kappa shape index (κ1) is 14.6. The third kappa shape index (κ3) is 3.02. The average Bonchev–Trinajstić information content (AvgIpc) is 2.88. The van der Waals surface area contributed by atoms with E-state index in [1.807, 2.05) is 19.2 Å². The van der Waals surface area contributed by atoms with Gasteiger partial charge in [-0.2, -0.15) is 0 Å². The predicted molar refractivity (Wildman–Crippen MR) is 79.9 cm³/mol. The highest BCUT2D eigenvalue weighted by molar-refractivity contribution is 5.80. The molecule has 108 valence electrons. The van der Waals surface area contributed by atoms with Gasteiger partial charge in [-0.3, -0.25) is 4.79 Å². The lowest BCUT2D eigenvalue weighted by molar-refractivity contribution is -0.127. The van der Waals surface area contributed by atoms with Gasteiger partial charge >= 0.3 is 0 Å². The Morgan fingerprint density at radius 2 is 2.40 bits per heavy atom. The lowest BCUT2D eigenvalue weighted by Gasteiger charge is -2.17. The van der Waals surface area contributed by atoms with Gasteiger partial charge in [0, 0.05) is 12.6 Å². The van der Waals surface area contributed by atoms with E-state index in [9.17, 15) is 4.79 Å². The molecule has 0 aromatic heterocycles. The Kier molecular flexibility index (Phi) is 4.79. The van der Waals surface area contributed by atoms with Crippen molar-refractivity contribution < 1.29 is 9.53 Å². The summed E-state index contributed by atoms with van der Waals surface area (Å²) in [5.41, 5.74) is 2.50. The molecule has 2 atom stereocenters. The minimum atomic E-state index is -0.505. The second-order valence-electron chi connectivity index (χ2n) is 5.00. The fourth-order valence-corrected chi connectivity index (χ4v) is 2.59. The Balaban J connectivity index is 2.09. The van der Waals surface area contributed by atoms with E-state index in [1.165, 1.54) is 11.1 Å². The predicted octanol–water partition coefficient (Wildman–Crippen LogP) is 1.96. The van der Waals surface area contributed by atoms with Crippen molar-refractivity contribution in [3.05, 3.63) is 42.0 Å². The van der Waals surface area contributed by atoms with Crippen molar-refractivity contribution in [2.45, 2.75) is 31.9 Å². The summed E-state index contributed by atoms with van der Waals surface area (Å²) in [5, 5.41) is 6.05. The molecule has 4 nitrogen and oxygen atoms in total. The van der Waals surface area contributed by atoms with Gasteiger partial charge in [-0.25, -0.2) is 0 Å². The molecule has 0 saturated heterocycles. The molecule has 20 heavy (non-hydrogen) atoms. The van der Waals surface area contributed by atoms with Crippen molar-refractivity contribution in [3.63, 3.8) is 0 Å². The zero-order valence-corrected chi connectivity index (χ0v) is 12.1. The Morgan fingerprint density at radius 1 is 1.60 bits per heavy atom. The number of carbonyl (C=O) groups is 1. The third-order valence-corrected chi connectivity index (χ3v) is 3.67. The van der Waals surface area contributed by atoms with E-state index in [4.69, 9.17) is 4.74 Å². The fourth-order valence-electron chi connectivity index (χ4n) is 2.59. The van der Waals surface area contributed by atoms with Crippen molar-refractivity contribution >= 4 is 5.91 Å².